The Morgan fingerprint density at radius 3 is 2.82 bits per heavy atom. The summed E-state index contributed by atoms with van der Waals surface area (Å²) in [4.78, 5) is 13.8. The minimum atomic E-state index is 0.345. The lowest BCUT2D eigenvalue weighted by atomic mass is 10.7. The molecule has 0 atom stereocenters. The van der Waals surface area contributed by atoms with Crippen molar-refractivity contribution in [2.24, 2.45) is 0 Å². The molecule has 0 bridgehead atoms. The van der Waals surface area contributed by atoms with Crippen LogP contribution in [0.2, 0.25) is 0 Å². The van der Waals surface area contributed by atoms with Gasteiger partial charge in [0.15, 0.2) is 0 Å². The molecule has 0 saturated carbocycles. The summed E-state index contributed by atoms with van der Waals surface area (Å²) in [7, 11) is 0. The van der Waals surface area contributed by atoms with Crippen LogP contribution in [0.3, 0.4) is 0 Å². The van der Waals surface area contributed by atoms with Crippen molar-refractivity contribution in [2.45, 2.75) is 6.92 Å². The van der Waals surface area contributed by atoms with E-state index in [1.165, 1.54) is 6.33 Å². The first-order valence-corrected chi connectivity index (χ1v) is 3.54. The molecule has 11 heavy (non-hydrogen) atoms. The summed E-state index contributed by atoms with van der Waals surface area (Å²) in [6.07, 6.45) is 1.38. The fourth-order valence-corrected chi connectivity index (χ4v) is 0.676. The Labute approximate surface area is 69.3 Å². The van der Waals surface area contributed by atoms with Crippen molar-refractivity contribution in [1.29, 1.82) is 0 Å². The van der Waals surface area contributed by atoms with Gasteiger partial charge in [0.05, 0.1) is 0 Å². The van der Waals surface area contributed by atoms with E-state index in [0.717, 1.165) is 6.54 Å². The van der Waals surface area contributed by atoms with Crippen LogP contribution in [0.4, 0.5) is 11.9 Å². The highest BCUT2D eigenvalue weighted by atomic mass is 35.5. The molecule has 1 rings (SSSR count). The number of nitrogens with zero attached hydrogens (tertiary/aromatic N) is 3. The molecule has 1 aromatic heterocycles. The number of hydrogen-bond acceptors (Lipinski definition) is 5. The predicted molar refractivity (Wildman–Crippen MR) is 43.5 cm³/mol. The minimum Gasteiger partial charge on any atom is -0.354 e. The molecule has 0 spiro atoms. The van der Waals surface area contributed by atoms with Crippen molar-refractivity contribution in [1.82, 2.24) is 15.0 Å². The molecule has 6 heteroatoms. The summed E-state index contributed by atoms with van der Waals surface area (Å²) in [6.45, 7) is 2.73. The zero-order chi connectivity index (χ0) is 8.10. The van der Waals surface area contributed by atoms with Crippen LogP contribution in [0.25, 0.3) is 0 Å². The van der Waals surface area contributed by atoms with E-state index in [9.17, 15) is 0 Å². The first-order chi connectivity index (χ1) is 5.36. The average molecular weight is 174 g/mol. The second-order valence-electron chi connectivity index (χ2n) is 1.76. The van der Waals surface area contributed by atoms with Gasteiger partial charge in [-0.15, -0.1) is 0 Å². The van der Waals surface area contributed by atoms with Crippen LogP contribution in [0, 0.1) is 0 Å². The summed E-state index contributed by atoms with van der Waals surface area (Å²) in [6, 6.07) is 0. The lowest BCUT2D eigenvalue weighted by Gasteiger charge is -2.00. The summed E-state index contributed by atoms with van der Waals surface area (Å²) in [5.41, 5.74) is 0. The molecule has 0 unspecified atom stereocenters. The number of rotatable bonds is 3. The van der Waals surface area contributed by atoms with Crippen molar-refractivity contribution < 1.29 is 0 Å². The van der Waals surface area contributed by atoms with Crippen LogP contribution < -0.4 is 10.2 Å². The third-order valence-electron chi connectivity index (χ3n) is 0.991. The average Bonchev–Trinajstić information content (AvgIpc) is 2.06. The number of nitrogens with one attached hydrogen (secondary N) is 2. The van der Waals surface area contributed by atoms with E-state index in [1.807, 2.05) is 6.92 Å². The van der Waals surface area contributed by atoms with E-state index in [1.54, 1.807) is 0 Å². The van der Waals surface area contributed by atoms with Crippen LogP contribution in [-0.2, 0) is 0 Å². The van der Waals surface area contributed by atoms with E-state index >= 15 is 0 Å². The van der Waals surface area contributed by atoms with Crippen LogP contribution in [-0.4, -0.2) is 21.5 Å². The second kappa shape index (κ2) is 3.92. The molecule has 1 aromatic rings. The highest BCUT2D eigenvalue weighted by Crippen LogP contribution is 2.01. The van der Waals surface area contributed by atoms with Gasteiger partial charge in [0, 0.05) is 18.3 Å². The monoisotopic (exact) mass is 173 g/mol. The van der Waals surface area contributed by atoms with Gasteiger partial charge in [0.2, 0.25) is 11.9 Å². The second-order valence-corrected chi connectivity index (χ2v) is 1.95. The first kappa shape index (κ1) is 8.00. The van der Waals surface area contributed by atoms with Gasteiger partial charge < -0.3 is 5.32 Å². The van der Waals surface area contributed by atoms with Crippen molar-refractivity contribution in [3.8, 4) is 0 Å². The lowest BCUT2D eigenvalue weighted by molar-refractivity contribution is 1.03. The van der Waals surface area contributed by atoms with Crippen molar-refractivity contribution in [3.63, 3.8) is 0 Å². The van der Waals surface area contributed by atoms with E-state index in [0.29, 0.717) is 11.9 Å². The zero-order valence-corrected chi connectivity index (χ0v) is 6.76. The Balaban J connectivity index is 2.74. The molecule has 60 valence electrons. The Kier molecular flexibility index (Phi) is 2.85. The van der Waals surface area contributed by atoms with Gasteiger partial charge in [-0.1, -0.05) is 0 Å². The first-order valence-electron chi connectivity index (χ1n) is 3.16. The quantitative estimate of drug-likeness (QED) is 0.665. The maximum Gasteiger partial charge on any atom is 0.242 e. The molecule has 0 saturated heterocycles. The summed E-state index contributed by atoms with van der Waals surface area (Å²) in [5, 5.41) is 2.92. The van der Waals surface area contributed by atoms with Gasteiger partial charge in [-0.05, 0) is 6.92 Å². The highest BCUT2D eigenvalue weighted by molar-refractivity contribution is 6.23. The standard InChI is InChI=1S/C5H8ClN5/c1-2-7-4-8-3-9-5(10-4)11-6/h3H,2H2,1H3,(H2,7,8,9,10,11). The Morgan fingerprint density at radius 1 is 1.45 bits per heavy atom. The molecular formula is C5H8ClN5. The normalized spacial score (nSPS) is 9.27. The minimum absolute atomic E-state index is 0.345. The molecule has 2 N–H and O–H groups in total. The smallest absolute Gasteiger partial charge is 0.242 e. The maximum absolute atomic E-state index is 5.27. The van der Waals surface area contributed by atoms with Gasteiger partial charge >= 0.3 is 0 Å². The van der Waals surface area contributed by atoms with E-state index in [4.69, 9.17) is 11.8 Å². The van der Waals surface area contributed by atoms with Crippen molar-refractivity contribution in [2.75, 3.05) is 16.7 Å². The lowest BCUT2D eigenvalue weighted by Crippen LogP contribution is -2.03. The Hall–Kier alpha value is -1.10. The van der Waals surface area contributed by atoms with Crippen molar-refractivity contribution >= 4 is 23.7 Å². The van der Waals surface area contributed by atoms with Crippen LogP contribution in [0.15, 0.2) is 6.33 Å². The number of anilines is 2. The number of halogens is 1. The summed E-state index contributed by atoms with van der Waals surface area (Å²) in [5.74, 6) is 0.864. The van der Waals surface area contributed by atoms with Gasteiger partial charge in [-0.3, -0.25) is 4.84 Å². The predicted octanol–water partition coefficient (Wildman–Crippen LogP) is 0.869. The molecule has 0 amide bonds. The van der Waals surface area contributed by atoms with Crippen LogP contribution >= 0.6 is 11.8 Å². The third kappa shape index (κ3) is 2.19. The summed E-state index contributed by atoms with van der Waals surface area (Å²) < 4.78 is 0. The fraction of sp³-hybridized carbons (Fsp3) is 0.400. The zero-order valence-electron chi connectivity index (χ0n) is 6.00. The molecule has 0 aliphatic rings. The van der Waals surface area contributed by atoms with Crippen molar-refractivity contribution in [3.05, 3.63) is 6.33 Å². The van der Waals surface area contributed by atoms with Crippen LogP contribution in [0.5, 0.6) is 0 Å². The van der Waals surface area contributed by atoms with Gasteiger partial charge in [-0.25, -0.2) is 9.97 Å². The van der Waals surface area contributed by atoms with Crippen LogP contribution in [0.1, 0.15) is 6.92 Å². The SMILES string of the molecule is CCNc1ncnc(NCl)n1. The molecule has 0 aliphatic carbocycles. The molecular weight excluding hydrogens is 166 g/mol. The molecule has 0 radical (unpaired) electrons. The number of hydrogen-bond donors (Lipinski definition) is 2. The molecule has 0 fully saturated rings. The van der Waals surface area contributed by atoms with Gasteiger partial charge in [0.25, 0.3) is 0 Å². The third-order valence-corrected chi connectivity index (χ3v) is 1.16. The fourth-order valence-electron chi connectivity index (χ4n) is 0.585. The molecule has 1 heterocycles. The highest BCUT2D eigenvalue weighted by Gasteiger charge is 1.95. The Bertz CT molecular complexity index is 228. The van der Waals surface area contributed by atoms with E-state index in [2.05, 4.69) is 25.1 Å². The maximum atomic E-state index is 5.27. The topological polar surface area (TPSA) is 62.7 Å². The molecule has 0 aliphatic heterocycles. The van der Waals surface area contributed by atoms with Gasteiger partial charge in [-0.2, -0.15) is 4.98 Å². The van der Waals surface area contributed by atoms with E-state index < -0.39 is 0 Å². The molecule has 0 aromatic carbocycles. The molecule has 5 nitrogen and oxygen atoms in total. The summed E-state index contributed by atoms with van der Waals surface area (Å²) >= 11 is 5.27. The van der Waals surface area contributed by atoms with E-state index in [-0.39, 0.29) is 0 Å². The Morgan fingerprint density at radius 2 is 2.18 bits per heavy atom. The van der Waals surface area contributed by atoms with Gasteiger partial charge in [0.1, 0.15) is 6.33 Å². The number of aromatic nitrogens is 3. The largest absolute Gasteiger partial charge is 0.354 e.